The molecule has 1 unspecified atom stereocenters. The van der Waals surface area contributed by atoms with E-state index in [-0.39, 0.29) is 6.02 Å². The van der Waals surface area contributed by atoms with Crippen molar-refractivity contribution in [2.75, 3.05) is 14.2 Å². The molecule has 1 aromatic rings. The fourth-order valence-corrected chi connectivity index (χ4v) is 3.16. The normalized spacial score (nSPS) is 17.0. The maximum absolute atomic E-state index is 12.3. The Labute approximate surface area is 149 Å². The first kappa shape index (κ1) is 19.2. The standard InChI is InChI=1S/C14H17N5O6S/c1-8-15-14(25-3)17-12(19(8)2)16-13(22)18-26(23,24)10-7-5-4-6-9(10)11(20)21/h4-7,12H,1-3H3,(H,20,21)(H2,16,18,22). The van der Waals surface area contributed by atoms with E-state index in [0.717, 1.165) is 12.1 Å². The monoisotopic (exact) mass is 383 g/mol. The molecule has 2 amide bonds. The molecule has 0 saturated carbocycles. The zero-order valence-electron chi connectivity index (χ0n) is 14.1. The molecule has 3 N–H and O–H groups in total. The van der Waals surface area contributed by atoms with Gasteiger partial charge in [-0.2, -0.15) is 9.98 Å². The number of carbonyl (C=O) groups excluding carboxylic acids is 1. The molecule has 0 saturated heterocycles. The summed E-state index contributed by atoms with van der Waals surface area (Å²) >= 11 is 0. The van der Waals surface area contributed by atoms with Gasteiger partial charge in [-0.15, -0.1) is 0 Å². The largest absolute Gasteiger partial charge is 0.478 e. The second kappa shape index (κ2) is 7.39. The molecule has 1 aliphatic heterocycles. The highest BCUT2D eigenvalue weighted by Gasteiger charge is 2.27. The minimum Gasteiger partial charge on any atom is -0.478 e. The third kappa shape index (κ3) is 4.08. The van der Waals surface area contributed by atoms with Gasteiger partial charge in [0.1, 0.15) is 10.7 Å². The van der Waals surface area contributed by atoms with Crippen molar-refractivity contribution >= 4 is 33.9 Å². The molecule has 2 rings (SSSR count). The van der Waals surface area contributed by atoms with Crippen molar-refractivity contribution < 1.29 is 27.9 Å². The lowest BCUT2D eigenvalue weighted by Crippen LogP contribution is -2.53. The second-order valence-electron chi connectivity index (χ2n) is 5.14. The molecule has 26 heavy (non-hydrogen) atoms. The Morgan fingerprint density at radius 3 is 2.58 bits per heavy atom. The number of urea groups is 1. The van der Waals surface area contributed by atoms with Gasteiger partial charge in [0.25, 0.3) is 10.0 Å². The summed E-state index contributed by atoms with van der Waals surface area (Å²) in [5.41, 5.74) is -0.453. The van der Waals surface area contributed by atoms with Gasteiger partial charge in [0.15, 0.2) is 0 Å². The molecule has 0 bridgehead atoms. The fraction of sp³-hybridized carbons (Fsp3) is 0.286. The van der Waals surface area contributed by atoms with E-state index in [0.29, 0.717) is 5.84 Å². The highest BCUT2D eigenvalue weighted by atomic mass is 32.2. The van der Waals surface area contributed by atoms with Crippen LogP contribution in [0.4, 0.5) is 4.79 Å². The van der Waals surface area contributed by atoms with Crippen LogP contribution < -0.4 is 10.0 Å². The summed E-state index contributed by atoms with van der Waals surface area (Å²) in [6.45, 7) is 1.65. The van der Waals surface area contributed by atoms with E-state index in [9.17, 15) is 18.0 Å². The van der Waals surface area contributed by atoms with Crippen molar-refractivity contribution in [3.63, 3.8) is 0 Å². The number of nitrogens with one attached hydrogen (secondary N) is 2. The molecule has 12 heteroatoms. The molecule has 0 fully saturated rings. The van der Waals surface area contributed by atoms with Crippen LogP contribution in [0.2, 0.25) is 0 Å². The van der Waals surface area contributed by atoms with E-state index in [1.54, 1.807) is 18.7 Å². The number of nitrogens with zero attached hydrogens (tertiary/aromatic N) is 3. The van der Waals surface area contributed by atoms with E-state index in [1.165, 1.54) is 24.1 Å². The number of benzene rings is 1. The highest BCUT2D eigenvalue weighted by molar-refractivity contribution is 7.90. The van der Waals surface area contributed by atoms with Gasteiger partial charge >= 0.3 is 18.0 Å². The lowest BCUT2D eigenvalue weighted by Gasteiger charge is -2.29. The minimum absolute atomic E-state index is 0.0185. The molecular formula is C14H17N5O6S. The number of carboxylic acid groups (broad SMARTS) is 1. The first-order valence-corrected chi connectivity index (χ1v) is 8.69. The first-order chi connectivity index (χ1) is 12.2. The quantitative estimate of drug-likeness (QED) is 0.663. The smallest absolute Gasteiger partial charge is 0.337 e. The topological polar surface area (TPSA) is 150 Å². The number of amidine groups is 2. The Morgan fingerprint density at radius 1 is 1.31 bits per heavy atom. The molecule has 1 atom stereocenters. The molecule has 1 heterocycles. The van der Waals surface area contributed by atoms with Crippen molar-refractivity contribution in [1.82, 2.24) is 14.9 Å². The van der Waals surface area contributed by atoms with Crippen molar-refractivity contribution in [3.8, 4) is 0 Å². The minimum atomic E-state index is -4.41. The predicted octanol–water partition coefficient (Wildman–Crippen LogP) is 0.0225. The number of hydrogen-bond acceptors (Lipinski definition) is 8. The lowest BCUT2D eigenvalue weighted by molar-refractivity contribution is 0.0692. The van der Waals surface area contributed by atoms with Crippen LogP contribution in [0.1, 0.15) is 17.3 Å². The highest BCUT2D eigenvalue weighted by Crippen LogP contribution is 2.15. The van der Waals surface area contributed by atoms with Crippen molar-refractivity contribution in [2.24, 2.45) is 9.98 Å². The average molecular weight is 383 g/mol. The predicted molar refractivity (Wildman–Crippen MR) is 91.4 cm³/mol. The molecular weight excluding hydrogens is 366 g/mol. The number of carbonyl (C=O) groups is 2. The SMILES string of the molecule is COC1=NC(NC(=O)NS(=O)(=O)c2ccccc2C(=O)O)N(C)C(C)=N1. The number of hydrogen-bond donors (Lipinski definition) is 3. The maximum atomic E-state index is 12.3. The number of methoxy groups -OCH3 is 1. The first-order valence-electron chi connectivity index (χ1n) is 7.21. The van der Waals surface area contributed by atoms with Gasteiger partial charge in [-0.05, 0) is 19.1 Å². The molecule has 0 radical (unpaired) electrons. The average Bonchev–Trinajstić information content (AvgIpc) is 2.58. The van der Waals surface area contributed by atoms with Gasteiger partial charge in [-0.3, -0.25) is 5.32 Å². The Bertz CT molecular complexity index is 895. The van der Waals surface area contributed by atoms with E-state index in [1.807, 2.05) is 0 Å². The molecule has 0 aliphatic carbocycles. The van der Waals surface area contributed by atoms with Crippen LogP contribution in [-0.2, 0) is 14.8 Å². The number of ether oxygens (including phenoxy) is 1. The molecule has 11 nitrogen and oxygen atoms in total. The van der Waals surface area contributed by atoms with Crippen molar-refractivity contribution in [3.05, 3.63) is 29.8 Å². The second-order valence-corrected chi connectivity index (χ2v) is 6.79. The summed E-state index contributed by atoms with van der Waals surface area (Å²) in [7, 11) is -1.46. The number of carboxylic acids is 1. The van der Waals surface area contributed by atoms with Crippen LogP contribution in [0.25, 0.3) is 0 Å². The summed E-state index contributed by atoms with van der Waals surface area (Å²) < 4.78 is 31.4. The molecule has 0 spiro atoms. The van der Waals surface area contributed by atoms with Gasteiger partial charge in [-0.25, -0.2) is 22.7 Å². The van der Waals surface area contributed by atoms with E-state index >= 15 is 0 Å². The van der Waals surface area contributed by atoms with Crippen LogP contribution in [0.3, 0.4) is 0 Å². The summed E-state index contributed by atoms with van der Waals surface area (Å²) in [5, 5.41) is 11.4. The number of amides is 2. The Hall–Kier alpha value is -3.15. The van der Waals surface area contributed by atoms with Crippen LogP contribution in [0, 0.1) is 0 Å². The summed E-state index contributed by atoms with van der Waals surface area (Å²) in [5.74, 6) is -0.944. The van der Waals surface area contributed by atoms with Gasteiger partial charge in [0, 0.05) is 7.05 Å². The Kier molecular flexibility index (Phi) is 5.45. The lowest BCUT2D eigenvalue weighted by atomic mass is 10.2. The van der Waals surface area contributed by atoms with E-state index in [4.69, 9.17) is 9.84 Å². The number of aliphatic imine (C=N–C) groups is 2. The van der Waals surface area contributed by atoms with Crippen molar-refractivity contribution in [2.45, 2.75) is 18.1 Å². The number of rotatable bonds is 4. The number of sulfonamides is 1. The van der Waals surface area contributed by atoms with Crippen molar-refractivity contribution in [1.29, 1.82) is 0 Å². The van der Waals surface area contributed by atoms with Gasteiger partial charge < -0.3 is 14.7 Å². The third-order valence-corrected chi connectivity index (χ3v) is 4.83. The zero-order chi connectivity index (χ0) is 19.5. The summed E-state index contributed by atoms with van der Waals surface area (Å²) in [6, 6.07) is 3.87. The zero-order valence-corrected chi connectivity index (χ0v) is 14.9. The summed E-state index contributed by atoms with van der Waals surface area (Å²) in [4.78, 5) is 32.2. The molecule has 1 aliphatic rings. The molecule has 140 valence electrons. The third-order valence-electron chi connectivity index (χ3n) is 3.44. The van der Waals surface area contributed by atoms with Gasteiger partial charge in [0.05, 0.1) is 12.7 Å². The van der Waals surface area contributed by atoms with Crippen LogP contribution >= 0.6 is 0 Å². The van der Waals surface area contributed by atoms with Crippen LogP contribution in [0.15, 0.2) is 39.1 Å². The van der Waals surface area contributed by atoms with Gasteiger partial charge in [-0.1, -0.05) is 12.1 Å². The van der Waals surface area contributed by atoms with E-state index < -0.39 is 38.8 Å². The maximum Gasteiger partial charge on any atom is 0.337 e. The number of aromatic carboxylic acids is 1. The van der Waals surface area contributed by atoms with Crippen LogP contribution in [0.5, 0.6) is 0 Å². The van der Waals surface area contributed by atoms with Gasteiger partial charge in [0.2, 0.25) is 6.29 Å². The Balaban J connectivity index is 2.19. The molecule has 1 aromatic carbocycles. The van der Waals surface area contributed by atoms with Crippen LogP contribution in [-0.4, -0.2) is 62.7 Å². The molecule has 0 aromatic heterocycles. The Morgan fingerprint density at radius 2 is 1.96 bits per heavy atom. The summed E-state index contributed by atoms with van der Waals surface area (Å²) in [6.07, 6.45) is -0.952. The fourth-order valence-electron chi connectivity index (χ4n) is 2.04. The van der Waals surface area contributed by atoms with E-state index in [2.05, 4.69) is 15.3 Å².